The van der Waals surface area contributed by atoms with Gasteiger partial charge >= 0.3 is 23.9 Å². The first-order valence-corrected chi connectivity index (χ1v) is 26.0. The van der Waals surface area contributed by atoms with E-state index in [1.165, 1.54) is 0 Å². The molecule has 0 saturated carbocycles. The van der Waals surface area contributed by atoms with Crippen LogP contribution in [-0.4, -0.2) is 179 Å². The van der Waals surface area contributed by atoms with E-state index in [9.17, 15) is 62.6 Å². The monoisotopic (exact) mass is 1130 g/mol. The summed E-state index contributed by atoms with van der Waals surface area (Å²) in [6, 6.07) is -9.74. The van der Waals surface area contributed by atoms with E-state index in [1.54, 1.807) is 104 Å². The number of rotatable bonds is 31. The molecule has 6 atom stereocenters. The van der Waals surface area contributed by atoms with E-state index >= 15 is 0 Å². The third-order valence-electron chi connectivity index (χ3n) is 9.60. The Morgan fingerprint density at radius 1 is 0.410 bits per heavy atom. The van der Waals surface area contributed by atoms with Gasteiger partial charge in [0.15, 0.2) is 0 Å². The fourth-order valence-electron chi connectivity index (χ4n) is 6.09. The number of esters is 3. The maximum atomic E-state index is 14.5. The number of ether oxygens (including phenoxy) is 5. The van der Waals surface area contributed by atoms with Crippen molar-refractivity contribution in [1.29, 1.82) is 0 Å². The molecule has 0 aliphatic carbocycles. The number of thiol groups is 1. The van der Waals surface area contributed by atoms with Gasteiger partial charge in [-0.25, -0.2) is 4.79 Å². The van der Waals surface area contributed by atoms with Crippen molar-refractivity contribution < 1.29 is 86.3 Å². The number of carbonyl (C=O) groups is 12. The molecule has 0 heterocycles. The number of carboxylic acids is 1. The van der Waals surface area contributed by atoms with Crippen molar-refractivity contribution in [3.8, 4) is 0 Å². The predicted octanol–water partition coefficient (Wildman–Crippen LogP) is -0.903. The summed E-state index contributed by atoms with van der Waals surface area (Å²) < 4.78 is 27.9. The van der Waals surface area contributed by atoms with Gasteiger partial charge in [0.2, 0.25) is 47.3 Å². The van der Waals surface area contributed by atoms with Crippen molar-refractivity contribution in [3.63, 3.8) is 0 Å². The summed E-state index contributed by atoms with van der Waals surface area (Å²) in [5.74, 6) is -11.8. The summed E-state index contributed by atoms with van der Waals surface area (Å²) in [5, 5.41) is 28.7. The van der Waals surface area contributed by atoms with E-state index in [0.717, 1.165) is 0 Å². The second-order valence-electron chi connectivity index (χ2n) is 22.9. The summed E-state index contributed by atoms with van der Waals surface area (Å²) in [4.78, 5) is 159. The van der Waals surface area contributed by atoms with Crippen LogP contribution in [0.4, 0.5) is 0 Å². The molecular weight excluding hydrogens is 1050 g/mol. The first-order chi connectivity index (χ1) is 35.5. The molecule has 0 aromatic rings. The molecule has 0 spiro atoms. The number of amides is 8. The molecule has 78 heavy (non-hydrogen) atoms. The van der Waals surface area contributed by atoms with Crippen LogP contribution in [0, 0.1) is 0 Å². The molecule has 0 rings (SSSR count). The molecule has 0 unspecified atom stereocenters. The van der Waals surface area contributed by atoms with E-state index in [-0.39, 0.29) is 5.75 Å². The van der Waals surface area contributed by atoms with Crippen LogP contribution in [0.1, 0.15) is 142 Å². The minimum Gasteiger partial charge on any atom is -0.480 e. The minimum atomic E-state index is -1.73. The Balaban J connectivity index is 7.41. The van der Waals surface area contributed by atoms with Gasteiger partial charge in [-0.1, -0.05) is 0 Å². The van der Waals surface area contributed by atoms with Crippen molar-refractivity contribution in [2.24, 2.45) is 5.73 Å². The molecule has 0 aliphatic rings. The van der Waals surface area contributed by atoms with Gasteiger partial charge in [-0.2, -0.15) is 12.6 Å². The Labute approximate surface area is 462 Å². The Bertz CT molecular complexity index is 2090. The molecule has 0 bridgehead atoms. The molecular formula is C50H87N9O18S. The van der Waals surface area contributed by atoms with Crippen LogP contribution < -0.4 is 48.3 Å². The second kappa shape index (κ2) is 32.7. The van der Waals surface area contributed by atoms with E-state index < -0.39 is 207 Å². The molecule has 0 aliphatic heterocycles. The molecule has 8 amide bonds. The molecule has 0 aromatic carbocycles. The van der Waals surface area contributed by atoms with Crippen LogP contribution in [0.5, 0.6) is 0 Å². The third-order valence-corrected chi connectivity index (χ3v) is 9.96. The van der Waals surface area contributed by atoms with Crippen LogP contribution in [0.2, 0.25) is 0 Å². The standard InChI is InChI=1S/C50H87N9O18S/c1-46(2,3)73-25-31(43(69)58-32(26-74-47(4,5)6)44(70)59-33(27-78)45(71)72)57-42(68)30(18-21-39(65)77-50(13,14)15)56-41(67)29(17-20-38(64)76-49(10,11)12)55-40(66)28(16-19-37(63)75-48(7,8)9)54-36(62)24-53-35(61)23-52-34(60)22-51/h28-33,78H,16-27,51H2,1-15H3,(H,52,60)(H,53,61)(H,54,62)(H,55,66)(H,56,67)(H,57,68)(H,58,69)(H,59,70)(H,71,72)/t28-,29-,30-,31-,32-,33-/m0/s1. The average molecular weight is 1130 g/mol. The number of hydrogen-bond acceptors (Lipinski definition) is 19. The van der Waals surface area contributed by atoms with Crippen LogP contribution in [-0.2, 0) is 81.2 Å². The van der Waals surface area contributed by atoms with Gasteiger partial charge in [0.1, 0.15) is 53.1 Å². The van der Waals surface area contributed by atoms with E-state index in [1.807, 2.05) is 0 Å². The van der Waals surface area contributed by atoms with Gasteiger partial charge in [0.05, 0.1) is 44.1 Å². The fraction of sp³-hybridized carbons (Fsp3) is 0.760. The summed E-state index contributed by atoms with van der Waals surface area (Å²) in [5.41, 5.74) is 0.544. The Morgan fingerprint density at radius 2 is 0.692 bits per heavy atom. The summed E-state index contributed by atoms with van der Waals surface area (Å²) >= 11 is 3.99. The largest absolute Gasteiger partial charge is 0.480 e. The van der Waals surface area contributed by atoms with Crippen molar-refractivity contribution in [3.05, 3.63) is 0 Å². The topological polar surface area (TPSA) is 393 Å². The van der Waals surface area contributed by atoms with Crippen LogP contribution >= 0.6 is 12.6 Å². The first kappa shape index (κ1) is 71.9. The van der Waals surface area contributed by atoms with Gasteiger partial charge in [-0.05, 0) is 123 Å². The Morgan fingerprint density at radius 3 is 0.987 bits per heavy atom. The highest BCUT2D eigenvalue weighted by atomic mass is 32.1. The van der Waals surface area contributed by atoms with Crippen molar-refractivity contribution >= 4 is 83.8 Å². The molecule has 446 valence electrons. The maximum absolute atomic E-state index is 14.5. The maximum Gasteiger partial charge on any atom is 0.327 e. The normalized spacial score (nSPS) is 14.3. The predicted molar refractivity (Wildman–Crippen MR) is 285 cm³/mol. The molecule has 11 N–H and O–H groups in total. The number of hydrogen-bond donors (Lipinski definition) is 11. The van der Waals surface area contributed by atoms with E-state index in [4.69, 9.17) is 29.4 Å². The quantitative estimate of drug-likeness (QED) is 0.0228. The Hall–Kier alpha value is -6.13. The van der Waals surface area contributed by atoms with Crippen LogP contribution in [0.25, 0.3) is 0 Å². The lowest BCUT2D eigenvalue weighted by molar-refractivity contribution is -0.156. The fourth-order valence-corrected chi connectivity index (χ4v) is 6.34. The van der Waals surface area contributed by atoms with Crippen molar-refractivity contribution in [2.75, 3.05) is 38.6 Å². The third kappa shape index (κ3) is 34.6. The summed E-state index contributed by atoms with van der Waals surface area (Å²) in [6.45, 7) is 21.7. The zero-order valence-corrected chi connectivity index (χ0v) is 48.8. The smallest absolute Gasteiger partial charge is 0.327 e. The van der Waals surface area contributed by atoms with Gasteiger partial charge in [-0.15, -0.1) is 0 Å². The lowest BCUT2D eigenvalue weighted by Crippen LogP contribution is -2.61. The summed E-state index contributed by atoms with van der Waals surface area (Å²) in [6.07, 6.45) is -2.87. The van der Waals surface area contributed by atoms with Gasteiger partial charge in [0.25, 0.3) is 0 Å². The van der Waals surface area contributed by atoms with E-state index in [2.05, 4.69) is 55.2 Å². The number of nitrogens with one attached hydrogen (secondary N) is 8. The number of carboxylic acid groups (broad SMARTS) is 1. The Kier molecular flexibility index (Phi) is 30.1. The van der Waals surface area contributed by atoms with Gasteiger partial charge < -0.3 is 77.1 Å². The highest BCUT2D eigenvalue weighted by Crippen LogP contribution is 2.16. The SMILES string of the molecule is CC(C)(C)OC[C@H](NC(=O)[C@H](COC(C)(C)C)NC(=O)[C@H](CCC(=O)OC(C)(C)C)NC(=O)[C@H](CCC(=O)OC(C)(C)C)NC(=O)[C@H](CCC(=O)OC(C)(C)C)NC(=O)CNC(=O)CNC(=O)CN)C(=O)N[C@@H](CS)C(=O)O. The molecule has 28 heteroatoms. The van der Waals surface area contributed by atoms with Crippen molar-refractivity contribution in [2.45, 2.75) is 207 Å². The molecule has 0 aromatic heterocycles. The highest BCUT2D eigenvalue weighted by molar-refractivity contribution is 7.80. The van der Waals surface area contributed by atoms with Crippen LogP contribution in [0.15, 0.2) is 0 Å². The first-order valence-electron chi connectivity index (χ1n) is 25.3. The zero-order valence-electron chi connectivity index (χ0n) is 47.9. The molecule has 0 radical (unpaired) electrons. The molecule has 0 saturated heterocycles. The van der Waals surface area contributed by atoms with Crippen LogP contribution in [0.3, 0.4) is 0 Å². The number of aliphatic carboxylic acids is 1. The molecule has 27 nitrogen and oxygen atoms in total. The lowest BCUT2D eigenvalue weighted by atomic mass is 10.0. The highest BCUT2D eigenvalue weighted by Gasteiger charge is 2.36. The van der Waals surface area contributed by atoms with Gasteiger partial charge in [0, 0.05) is 25.0 Å². The summed E-state index contributed by atoms with van der Waals surface area (Å²) in [7, 11) is 0. The van der Waals surface area contributed by atoms with E-state index in [0.29, 0.717) is 0 Å². The van der Waals surface area contributed by atoms with Crippen molar-refractivity contribution in [1.82, 2.24) is 42.5 Å². The average Bonchev–Trinajstić information content (AvgIpc) is 3.27. The zero-order chi connectivity index (χ0) is 60.6. The lowest BCUT2D eigenvalue weighted by Gasteiger charge is -2.30. The van der Waals surface area contributed by atoms with Gasteiger partial charge in [-0.3, -0.25) is 52.7 Å². The number of carbonyl (C=O) groups excluding carboxylic acids is 11. The number of nitrogens with two attached hydrogens (primary N) is 1. The molecule has 0 fully saturated rings. The second-order valence-corrected chi connectivity index (χ2v) is 23.3. The minimum absolute atomic E-state index is 0.311.